The summed E-state index contributed by atoms with van der Waals surface area (Å²) in [6, 6.07) is 5.40. The monoisotopic (exact) mass is 399 g/mol. The molecule has 0 radical (unpaired) electrons. The van der Waals surface area contributed by atoms with Crippen molar-refractivity contribution in [2.45, 2.75) is 13.0 Å². The van der Waals surface area contributed by atoms with E-state index < -0.39 is 0 Å². The van der Waals surface area contributed by atoms with Gasteiger partial charge in [0.25, 0.3) is 5.91 Å². The van der Waals surface area contributed by atoms with Crippen LogP contribution in [0.5, 0.6) is 0 Å². The Kier molecular flexibility index (Phi) is 5.57. The van der Waals surface area contributed by atoms with E-state index in [1.165, 1.54) is 0 Å². The molecule has 0 spiro atoms. The number of H-pyrrole nitrogens is 1. The Bertz CT molecular complexity index is 966. The summed E-state index contributed by atoms with van der Waals surface area (Å²) >= 11 is 6.45. The molecular weight excluding hydrogens is 378 g/mol. The Labute approximate surface area is 168 Å². The topological polar surface area (TPSA) is 83.1 Å². The van der Waals surface area contributed by atoms with Gasteiger partial charge in [0.2, 0.25) is 0 Å². The zero-order valence-electron chi connectivity index (χ0n) is 15.6. The maximum atomic E-state index is 12.8. The maximum Gasteiger partial charge on any atom is 0.252 e. The molecule has 0 aliphatic carbocycles. The molecule has 1 fully saturated rings. The number of nitrogens with one attached hydrogen (secondary N) is 2. The van der Waals surface area contributed by atoms with Crippen LogP contribution in [0, 0.1) is 6.92 Å². The number of rotatable bonds is 5. The van der Waals surface area contributed by atoms with Crippen LogP contribution in [0.1, 0.15) is 27.8 Å². The van der Waals surface area contributed by atoms with Crippen LogP contribution >= 0.6 is 11.6 Å². The molecule has 3 heterocycles. The molecule has 28 heavy (non-hydrogen) atoms. The maximum absolute atomic E-state index is 12.8. The largest absolute Gasteiger partial charge is 0.379 e. The highest BCUT2D eigenvalue weighted by Crippen LogP contribution is 2.27. The standard InChI is InChI=1S/C20H22ClN5O2/c1-13-10-24-17(11-23-13)18(26-6-8-28-9-7-26)12-25-20(27)15-2-3-16-14(19(15)21)4-5-22-16/h2-5,10-11,18,22H,6-9,12H2,1H3,(H,25,27). The van der Waals surface area contributed by atoms with Gasteiger partial charge in [-0.2, -0.15) is 0 Å². The van der Waals surface area contributed by atoms with Crippen molar-refractivity contribution in [3.63, 3.8) is 0 Å². The molecule has 146 valence electrons. The molecule has 8 heteroatoms. The van der Waals surface area contributed by atoms with E-state index in [0.717, 1.165) is 35.4 Å². The summed E-state index contributed by atoms with van der Waals surface area (Å²) in [6.45, 7) is 5.22. The van der Waals surface area contributed by atoms with Crippen LogP contribution in [-0.4, -0.2) is 58.6 Å². The fourth-order valence-corrected chi connectivity index (χ4v) is 3.75. The molecule has 0 bridgehead atoms. The lowest BCUT2D eigenvalue weighted by Gasteiger charge is -2.34. The molecule has 1 aliphatic rings. The highest BCUT2D eigenvalue weighted by Gasteiger charge is 2.25. The minimum atomic E-state index is -0.202. The van der Waals surface area contributed by atoms with Crippen LogP contribution in [0.3, 0.4) is 0 Å². The van der Waals surface area contributed by atoms with Gasteiger partial charge < -0.3 is 15.0 Å². The SMILES string of the molecule is Cc1cnc(C(CNC(=O)c2ccc3[nH]ccc3c2Cl)N2CCOCC2)cn1. The number of aromatic nitrogens is 3. The smallest absolute Gasteiger partial charge is 0.252 e. The molecule has 3 aromatic rings. The van der Waals surface area contributed by atoms with E-state index in [1.807, 2.05) is 25.3 Å². The number of hydrogen-bond donors (Lipinski definition) is 2. The molecule has 0 saturated carbocycles. The van der Waals surface area contributed by atoms with E-state index in [2.05, 4.69) is 25.2 Å². The Balaban J connectivity index is 1.53. The van der Waals surface area contributed by atoms with E-state index in [1.54, 1.807) is 18.5 Å². The van der Waals surface area contributed by atoms with Crippen LogP contribution in [0.2, 0.25) is 5.02 Å². The van der Waals surface area contributed by atoms with E-state index in [0.29, 0.717) is 30.3 Å². The molecular formula is C20H22ClN5O2. The zero-order chi connectivity index (χ0) is 19.5. The van der Waals surface area contributed by atoms with Gasteiger partial charge in [-0.05, 0) is 25.1 Å². The third kappa shape index (κ3) is 3.87. The van der Waals surface area contributed by atoms with Gasteiger partial charge in [-0.15, -0.1) is 0 Å². The Hall–Kier alpha value is -2.48. The fourth-order valence-electron chi connectivity index (χ4n) is 3.44. The molecule has 7 nitrogen and oxygen atoms in total. The zero-order valence-corrected chi connectivity index (χ0v) is 16.4. The first-order valence-electron chi connectivity index (χ1n) is 9.27. The van der Waals surface area contributed by atoms with Crippen LogP contribution in [0.25, 0.3) is 10.9 Å². The molecule has 1 atom stereocenters. The predicted octanol–water partition coefficient (Wildman–Crippen LogP) is 2.72. The number of halogens is 1. The van der Waals surface area contributed by atoms with Crippen LogP contribution in [0.15, 0.2) is 36.8 Å². The molecule has 2 aromatic heterocycles. The lowest BCUT2D eigenvalue weighted by Crippen LogP contribution is -2.44. The Morgan fingerprint density at radius 1 is 1.29 bits per heavy atom. The summed E-state index contributed by atoms with van der Waals surface area (Å²) in [4.78, 5) is 27.1. The minimum absolute atomic E-state index is 0.0734. The van der Waals surface area contributed by atoms with Crippen molar-refractivity contribution in [3.8, 4) is 0 Å². The number of benzene rings is 1. The van der Waals surface area contributed by atoms with E-state index in [-0.39, 0.29) is 11.9 Å². The number of fused-ring (bicyclic) bond motifs is 1. The summed E-state index contributed by atoms with van der Waals surface area (Å²) in [5.41, 5.74) is 3.06. The summed E-state index contributed by atoms with van der Waals surface area (Å²) in [5.74, 6) is -0.202. The van der Waals surface area contributed by atoms with Gasteiger partial charge in [-0.3, -0.25) is 19.7 Å². The van der Waals surface area contributed by atoms with Crippen molar-refractivity contribution in [1.29, 1.82) is 0 Å². The Morgan fingerprint density at radius 3 is 2.86 bits per heavy atom. The van der Waals surface area contributed by atoms with Crippen molar-refractivity contribution in [1.82, 2.24) is 25.2 Å². The quantitative estimate of drug-likeness (QED) is 0.689. The molecule has 1 amide bonds. The highest BCUT2D eigenvalue weighted by molar-refractivity contribution is 6.38. The van der Waals surface area contributed by atoms with Gasteiger partial charge >= 0.3 is 0 Å². The summed E-state index contributed by atoms with van der Waals surface area (Å²) < 4.78 is 5.46. The second-order valence-electron chi connectivity index (χ2n) is 6.82. The number of aryl methyl sites for hydroxylation is 1. The number of nitrogens with zero attached hydrogens (tertiary/aromatic N) is 3. The number of morpholine rings is 1. The summed E-state index contributed by atoms with van der Waals surface area (Å²) in [7, 11) is 0. The second-order valence-corrected chi connectivity index (χ2v) is 7.20. The first-order valence-corrected chi connectivity index (χ1v) is 9.65. The number of hydrogen-bond acceptors (Lipinski definition) is 5. The van der Waals surface area contributed by atoms with Gasteiger partial charge in [0.15, 0.2) is 0 Å². The number of aromatic amines is 1. The molecule has 1 saturated heterocycles. The molecule has 1 aliphatic heterocycles. The first-order chi connectivity index (χ1) is 13.6. The van der Waals surface area contributed by atoms with E-state index >= 15 is 0 Å². The summed E-state index contributed by atoms with van der Waals surface area (Å²) in [5, 5.41) is 4.31. The first kappa shape index (κ1) is 18.9. The molecule has 1 aromatic carbocycles. The van der Waals surface area contributed by atoms with Gasteiger partial charge in [-0.1, -0.05) is 11.6 Å². The normalized spacial score (nSPS) is 16.2. The minimum Gasteiger partial charge on any atom is -0.379 e. The number of carbonyl (C=O) groups excluding carboxylic acids is 1. The predicted molar refractivity (Wildman–Crippen MR) is 108 cm³/mol. The highest BCUT2D eigenvalue weighted by atomic mass is 35.5. The molecule has 1 unspecified atom stereocenters. The lowest BCUT2D eigenvalue weighted by atomic mass is 10.1. The van der Waals surface area contributed by atoms with Gasteiger partial charge in [0.1, 0.15) is 0 Å². The van der Waals surface area contributed by atoms with Crippen molar-refractivity contribution < 1.29 is 9.53 Å². The third-order valence-corrected chi connectivity index (χ3v) is 5.41. The number of ether oxygens (including phenoxy) is 1. The van der Waals surface area contributed by atoms with Crippen molar-refractivity contribution in [2.75, 3.05) is 32.8 Å². The van der Waals surface area contributed by atoms with Crippen molar-refractivity contribution >= 4 is 28.4 Å². The number of amides is 1. The van der Waals surface area contributed by atoms with Crippen molar-refractivity contribution in [2.24, 2.45) is 0 Å². The van der Waals surface area contributed by atoms with Crippen LogP contribution < -0.4 is 5.32 Å². The average Bonchev–Trinajstić information content (AvgIpc) is 3.20. The fraction of sp³-hybridized carbons (Fsp3) is 0.350. The molecule has 4 rings (SSSR count). The average molecular weight is 400 g/mol. The van der Waals surface area contributed by atoms with Crippen molar-refractivity contribution in [3.05, 3.63) is 58.8 Å². The summed E-state index contributed by atoms with van der Waals surface area (Å²) in [6.07, 6.45) is 5.34. The van der Waals surface area contributed by atoms with E-state index in [9.17, 15) is 4.79 Å². The Morgan fingerprint density at radius 2 is 2.11 bits per heavy atom. The molecule has 2 N–H and O–H groups in total. The van der Waals surface area contributed by atoms with E-state index in [4.69, 9.17) is 16.3 Å². The third-order valence-electron chi connectivity index (χ3n) is 5.00. The number of carbonyl (C=O) groups is 1. The second kappa shape index (κ2) is 8.26. The van der Waals surface area contributed by atoms with Gasteiger partial charge in [-0.25, -0.2) is 0 Å². The van der Waals surface area contributed by atoms with Gasteiger partial charge in [0, 0.05) is 42.9 Å². The lowest BCUT2D eigenvalue weighted by molar-refractivity contribution is 0.0153. The van der Waals surface area contributed by atoms with Gasteiger partial charge in [0.05, 0.1) is 47.4 Å². The van der Waals surface area contributed by atoms with Crippen LogP contribution in [0.4, 0.5) is 0 Å². The van der Waals surface area contributed by atoms with Crippen LogP contribution in [-0.2, 0) is 4.74 Å².